The Morgan fingerprint density at radius 2 is 2.27 bits per heavy atom. The topological polar surface area (TPSA) is 106 Å². The molecule has 7 heteroatoms. The lowest BCUT2D eigenvalue weighted by atomic mass is 10.7. The molecule has 7 nitrogen and oxygen atoms in total. The second-order valence-electron chi connectivity index (χ2n) is 1.71. The van der Waals surface area contributed by atoms with E-state index in [1.54, 1.807) is 0 Å². The molecule has 0 atom stereocenters. The molecule has 0 aliphatic rings. The fourth-order valence-corrected chi connectivity index (χ4v) is 0.524. The molecule has 0 spiro atoms. The minimum Gasteiger partial charge on any atom is -0.390 e. The van der Waals surface area contributed by atoms with Crippen molar-refractivity contribution >= 4 is 5.95 Å². The van der Waals surface area contributed by atoms with E-state index in [0.29, 0.717) is 0 Å². The molecule has 1 heterocycles. The molecular weight excluding hydrogens is 152 g/mol. The molecule has 1 rings (SSSR count). The zero-order chi connectivity index (χ0) is 8.43. The number of hydrogen-bond acceptors (Lipinski definition) is 6. The van der Waals surface area contributed by atoms with Crippen molar-refractivity contribution < 1.29 is 9.34 Å². The van der Waals surface area contributed by atoms with Crippen molar-refractivity contribution in [3.63, 3.8) is 0 Å². The SMILES string of the molecule is Cc1nc([N+](=O)[O-])nc(=N)o1. The Bertz CT molecular complexity index is 343. The summed E-state index contributed by atoms with van der Waals surface area (Å²) in [6, 6.07) is 0. The van der Waals surface area contributed by atoms with Crippen LogP contribution in [0.3, 0.4) is 0 Å². The van der Waals surface area contributed by atoms with Crippen molar-refractivity contribution in [2.24, 2.45) is 0 Å². The highest BCUT2D eigenvalue weighted by atomic mass is 16.6. The molecule has 58 valence electrons. The van der Waals surface area contributed by atoms with Crippen molar-refractivity contribution in [1.82, 2.24) is 9.97 Å². The van der Waals surface area contributed by atoms with Crippen LogP contribution < -0.4 is 5.68 Å². The molecule has 0 saturated carbocycles. The van der Waals surface area contributed by atoms with Gasteiger partial charge in [-0.25, -0.2) is 5.41 Å². The minimum absolute atomic E-state index is 0.0525. The Hall–Kier alpha value is -1.79. The molecule has 0 amide bonds. The standard InChI is InChI=1S/C4H4N4O3/c1-2-6-4(8(9)10)7-3(5)11-2/h5H,1H3. The van der Waals surface area contributed by atoms with Crippen LogP contribution in [-0.2, 0) is 0 Å². The molecule has 0 aliphatic heterocycles. The predicted molar refractivity (Wildman–Crippen MR) is 31.5 cm³/mol. The molecule has 0 fully saturated rings. The molecule has 1 aromatic heterocycles. The highest BCUT2D eigenvalue weighted by Crippen LogP contribution is 1.97. The summed E-state index contributed by atoms with van der Waals surface area (Å²) in [6.07, 6.45) is 0. The molecule has 0 bridgehead atoms. The van der Waals surface area contributed by atoms with Gasteiger partial charge in [0.05, 0.1) is 0 Å². The molecule has 0 saturated heterocycles. The summed E-state index contributed by atoms with van der Waals surface area (Å²) >= 11 is 0. The van der Waals surface area contributed by atoms with Crippen molar-refractivity contribution in [1.29, 1.82) is 5.41 Å². The Morgan fingerprint density at radius 1 is 1.64 bits per heavy atom. The van der Waals surface area contributed by atoms with E-state index in [0.717, 1.165) is 0 Å². The lowest BCUT2D eigenvalue weighted by Gasteiger charge is -1.89. The number of nitrogens with zero attached hydrogens (tertiary/aromatic N) is 3. The predicted octanol–water partition coefficient (Wildman–Crippen LogP) is -0.234. The normalized spacial score (nSPS) is 9.55. The highest BCUT2D eigenvalue weighted by molar-refractivity contribution is 4.98. The van der Waals surface area contributed by atoms with E-state index >= 15 is 0 Å². The fourth-order valence-electron chi connectivity index (χ4n) is 0.524. The first-order chi connectivity index (χ1) is 5.09. The van der Waals surface area contributed by atoms with Crippen LogP contribution in [-0.4, -0.2) is 14.9 Å². The largest absolute Gasteiger partial charge is 0.477 e. The first-order valence-corrected chi connectivity index (χ1v) is 2.64. The Balaban J connectivity index is 3.30. The van der Waals surface area contributed by atoms with E-state index in [9.17, 15) is 10.1 Å². The van der Waals surface area contributed by atoms with Gasteiger partial charge in [0.15, 0.2) is 0 Å². The minimum atomic E-state index is -0.777. The van der Waals surface area contributed by atoms with Gasteiger partial charge in [0.2, 0.25) is 0 Å². The van der Waals surface area contributed by atoms with E-state index in [1.165, 1.54) is 6.92 Å². The van der Waals surface area contributed by atoms with Crippen LogP contribution in [0.15, 0.2) is 4.42 Å². The quantitative estimate of drug-likeness (QED) is 0.446. The fraction of sp³-hybridized carbons (Fsp3) is 0.250. The van der Waals surface area contributed by atoms with E-state index in [2.05, 4.69) is 14.4 Å². The maximum Gasteiger partial charge on any atom is 0.477 e. The molecule has 0 unspecified atom stereocenters. The number of aromatic nitrogens is 2. The van der Waals surface area contributed by atoms with Gasteiger partial charge in [0.1, 0.15) is 0 Å². The lowest BCUT2D eigenvalue weighted by molar-refractivity contribution is -0.395. The third kappa shape index (κ3) is 1.57. The van der Waals surface area contributed by atoms with E-state index in [1.807, 2.05) is 0 Å². The zero-order valence-electron chi connectivity index (χ0n) is 5.57. The van der Waals surface area contributed by atoms with Crippen molar-refractivity contribution in [2.45, 2.75) is 6.92 Å². The number of rotatable bonds is 1. The van der Waals surface area contributed by atoms with E-state index in [4.69, 9.17) is 5.41 Å². The number of nitro groups is 1. The summed E-state index contributed by atoms with van der Waals surface area (Å²) in [6.45, 7) is 1.41. The van der Waals surface area contributed by atoms with Crippen LogP contribution in [0.4, 0.5) is 5.95 Å². The van der Waals surface area contributed by atoms with E-state index in [-0.39, 0.29) is 5.89 Å². The van der Waals surface area contributed by atoms with Gasteiger partial charge in [-0.3, -0.25) is 0 Å². The maximum absolute atomic E-state index is 10.1. The van der Waals surface area contributed by atoms with Gasteiger partial charge in [-0.1, -0.05) is 0 Å². The van der Waals surface area contributed by atoms with Crippen LogP contribution in [0.5, 0.6) is 0 Å². The third-order valence-corrected chi connectivity index (χ3v) is 0.867. The number of aryl methyl sites for hydroxylation is 1. The molecule has 0 radical (unpaired) electrons. The van der Waals surface area contributed by atoms with Crippen LogP contribution in [0.1, 0.15) is 5.89 Å². The van der Waals surface area contributed by atoms with E-state index < -0.39 is 16.6 Å². The van der Waals surface area contributed by atoms with Gasteiger partial charge in [0.25, 0.3) is 5.89 Å². The van der Waals surface area contributed by atoms with Gasteiger partial charge < -0.3 is 14.5 Å². The average molecular weight is 156 g/mol. The van der Waals surface area contributed by atoms with Crippen molar-refractivity contribution in [2.75, 3.05) is 0 Å². The van der Waals surface area contributed by atoms with Crippen LogP contribution in [0.2, 0.25) is 0 Å². The van der Waals surface area contributed by atoms with Crippen molar-refractivity contribution in [3.8, 4) is 0 Å². The first kappa shape index (κ1) is 7.32. The number of hydrogen-bond donors (Lipinski definition) is 1. The maximum atomic E-state index is 10.1. The number of nitrogens with one attached hydrogen (secondary N) is 1. The molecule has 11 heavy (non-hydrogen) atoms. The molecule has 1 aromatic rings. The summed E-state index contributed by atoms with van der Waals surface area (Å²) < 4.78 is 4.51. The monoisotopic (exact) mass is 156 g/mol. The zero-order valence-corrected chi connectivity index (χ0v) is 5.57. The molecular formula is C4H4N4O3. The summed E-state index contributed by atoms with van der Waals surface area (Å²) in [5, 5.41) is 16.9. The lowest BCUT2D eigenvalue weighted by Crippen LogP contribution is -2.10. The van der Waals surface area contributed by atoms with Gasteiger partial charge in [-0.15, -0.1) is 0 Å². The summed E-state index contributed by atoms with van der Waals surface area (Å²) in [5.74, 6) is -0.560. The second kappa shape index (κ2) is 2.45. The van der Waals surface area contributed by atoms with Gasteiger partial charge in [-0.05, 0) is 14.9 Å². The van der Waals surface area contributed by atoms with Crippen LogP contribution in [0, 0.1) is 22.4 Å². The molecule has 0 aromatic carbocycles. The van der Waals surface area contributed by atoms with Gasteiger partial charge in [0, 0.05) is 6.92 Å². The first-order valence-electron chi connectivity index (χ1n) is 2.64. The van der Waals surface area contributed by atoms with Gasteiger partial charge >= 0.3 is 11.6 Å². The van der Waals surface area contributed by atoms with Gasteiger partial charge in [-0.2, -0.15) is 0 Å². The molecule has 1 N–H and O–H groups in total. The Morgan fingerprint density at radius 3 is 2.73 bits per heavy atom. The summed E-state index contributed by atoms with van der Waals surface area (Å²) in [4.78, 5) is 15.7. The van der Waals surface area contributed by atoms with Crippen LogP contribution in [0.25, 0.3) is 0 Å². The Kier molecular flexibility index (Phi) is 1.63. The van der Waals surface area contributed by atoms with Crippen molar-refractivity contribution in [3.05, 3.63) is 21.7 Å². The summed E-state index contributed by atoms with van der Waals surface area (Å²) in [7, 11) is 0. The third-order valence-electron chi connectivity index (χ3n) is 0.867. The molecule has 0 aliphatic carbocycles. The summed E-state index contributed by atoms with van der Waals surface area (Å²) in [5.41, 5.74) is -0.510. The second-order valence-corrected chi connectivity index (χ2v) is 1.71. The van der Waals surface area contributed by atoms with Crippen LogP contribution >= 0.6 is 0 Å². The highest BCUT2D eigenvalue weighted by Gasteiger charge is 2.11. The smallest absolute Gasteiger partial charge is 0.390 e. The average Bonchev–Trinajstić information content (AvgIpc) is 1.85. The Labute approximate surface area is 60.4 Å².